The fourth-order valence-electron chi connectivity index (χ4n) is 2.79. The Kier molecular flexibility index (Phi) is 5.96. The smallest absolute Gasteiger partial charge is 0.253 e. The summed E-state index contributed by atoms with van der Waals surface area (Å²) in [5.74, 6) is -0.163. The van der Waals surface area contributed by atoms with E-state index < -0.39 is 0 Å². The molecule has 1 fully saturated rings. The van der Waals surface area contributed by atoms with E-state index in [0.717, 1.165) is 13.0 Å². The molecule has 0 radical (unpaired) electrons. The number of carbonyl (C=O) groups excluding carboxylic acids is 2. The van der Waals surface area contributed by atoms with Crippen LogP contribution in [-0.2, 0) is 9.53 Å². The van der Waals surface area contributed by atoms with Gasteiger partial charge in [-0.1, -0.05) is 13.0 Å². The van der Waals surface area contributed by atoms with Gasteiger partial charge in [0.05, 0.1) is 19.8 Å². The van der Waals surface area contributed by atoms with Crippen molar-refractivity contribution in [2.75, 3.05) is 45.7 Å². The molecule has 1 N–H and O–H groups in total. The van der Waals surface area contributed by atoms with E-state index in [-0.39, 0.29) is 17.4 Å². The number of anilines is 1. The zero-order chi connectivity index (χ0) is 17.7. The highest BCUT2D eigenvalue weighted by atomic mass is 16.5. The average Bonchev–Trinajstić information content (AvgIpc) is 2.56. The molecule has 24 heavy (non-hydrogen) atoms. The van der Waals surface area contributed by atoms with E-state index in [2.05, 4.69) is 24.1 Å². The first kappa shape index (κ1) is 18.4. The van der Waals surface area contributed by atoms with Gasteiger partial charge in [-0.25, -0.2) is 0 Å². The summed E-state index contributed by atoms with van der Waals surface area (Å²) in [6.07, 6.45) is 0.924. The number of morpholine rings is 1. The van der Waals surface area contributed by atoms with Crippen LogP contribution in [0.2, 0.25) is 0 Å². The van der Waals surface area contributed by atoms with E-state index in [0.29, 0.717) is 31.0 Å². The zero-order valence-electron chi connectivity index (χ0n) is 15.0. The van der Waals surface area contributed by atoms with E-state index in [1.54, 1.807) is 38.4 Å². The predicted molar refractivity (Wildman–Crippen MR) is 94.2 cm³/mol. The molecule has 1 aliphatic rings. The van der Waals surface area contributed by atoms with Crippen LogP contribution in [0.25, 0.3) is 0 Å². The first-order valence-corrected chi connectivity index (χ1v) is 8.30. The van der Waals surface area contributed by atoms with Crippen molar-refractivity contribution in [3.63, 3.8) is 0 Å². The molecular weight excluding hydrogens is 306 g/mol. The van der Waals surface area contributed by atoms with Crippen molar-refractivity contribution in [2.45, 2.75) is 25.8 Å². The summed E-state index contributed by atoms with van der Waals surface area (Å²) in [6.45, 7) is 6.58. The number of hydrogen-bond acceptors (Lipinski definition) is 4. The van der Waals surface area contributed by atoms with E-state index in [4.69, 9.17) is 4.74 Å². The highest BCUT2D eigenvalue weighted by Crippen LogP contribution is 2.23. The summed E-state index contributed by atoms with van der Waals surface area (Å²) >= 11 is 0. The van der Waals surface area contributed by atoms with Crippen molar-refractivity contribution >= 4 is 17.5 Å². The zero-order valence-corrected chi connectivity index (χ0v) is 15.0. The molecule has 132 valence electrons. The van der Waals surface area contributed by atoms with Crippen LogP contribution in [0.15, 0.2) is 24.3 Å². The lowest BCUT2D eigenvalue weighted by atomic mass is 9.96. The number of ether oxygens (including phenoxy) is 1. The minimum absolute atomic E-state index is 0.0778. The molecule has 6 nitrogen and oxygen atoms in total. The molecule has 0 aliphatic carbocycles. The van der Waals surface area contributed by atoms with Gasteiger partial charge in [0, 0.05) is 37.4 Å². The lowest BCUT2D eigenvalue weighted by molar-refractivity contribution is -0.123. The molecule has 2 rings (SSSR count). The molecule has 1 saturated heterocycles. The van der Waals surface area contributed by atoms with Crippen LogP contribution in [0.1, 0.15) is 30.6 Å². The van der Waals surface area contributed by atoms with Gasteiger partial charge in [0.15, 0.2) is 0 Å². The van der Waals surface area contributed by atoms with Gasteiger partial charge in [0.1, 0.15) is 0 Å². The SMILES string of the molecule is CCC1(C)COCCN1CC(=O)Nc1cccc(C(=O)N(C)C)c1. The highest BCUT2D eigenvalue weighted by molar-refractivity contribution is 5.97. The van der Waals surface area contributed by atoms with Crippen LogP contribution in [-0.4, -0.2) is 67.6 Å². The molecule has 1 unspecified atom stereocenters. The second kappa shape index (κ2) is 7.77. The van der Waals surface area contributed by atoms with Crippen molar-refractivity contribution in [2.24, 2.45) is 0 Å². The molecule has 0 bridgehead atoms. The van der Waals surface area contributed by atoms with E-state index >= 15 is 0 Å². The molecular formula is C18H27N3O3. The summed E-state index contributed by atoms with van der Waals surface area (Å²) < 4.78 is 5.56. The Morgan fingerprint density at radius 1 is 1.38 bits per heavy atom. The van der Waals surface area contributed by atoms with Gasteiger partial charge < -0.3 is 15.0 Å². The predicted octanol–water partition coefficient (Wildman–Crippen LogP) is 1.83. The van der Waals surface area contributed by atoms with Gasteiger partial charge in [0.25, 0.3) is 5.91 Å². The largest absolute Gasteiger partial charge is 0.378 e. The van der Waals surface area contributed by atoms with Crippen molar-refractivity contribution in [3.05, 3.63) is 29.8 Å². The van der Waals surface area contributed by atoms with Gasteiger partial charge in [-0.2, -0.15) is 0 Å². The number of nitrogens with one attached hydrogen (secondary N) is 1. The van der Waals surface area contributed by atoms with Gasteiger partial charge >= 0.3 is 0 Å². The monoisotopic (exact) mass is 333 g/mol. The van der Waals surface area contributed by atoms with Crippen LogP contribution in [0.4, 0.5) is 5.69 Å². The molecule has 1 aliphatic heterocycles. The Hall–Kier alpha value is -1.92. The lowest BCUT2D eigenvalue weighted by Gasteiger charge is -2.43. The Bertz CT molecular complexity index is 603. The Labute approximate surface area is 143 Å². The molecule has 6 heteroatoms. The van der Waals surface area contributed by atoms with Crippen LogP contribution < -0.4 is 5.32 Å². The average molecular weight is 333 g/mol. The van der Waals surface area contributed by atoms with Gasteiger partial charge in [-0.3, -0.25) is 14.5 Å². The number of rotatable bonds is 5. The van der Waals surface area contributed by atoms with Crippen LogP contribution in [0, 0.1) is 0 Å². The highest BCUT2D eigenvalue weighted by Gasteiger charge is 2.34. The first-order valence-electron chi connectivity index (χ1n) is 8.30. The summed E-state index contributed by atoms with van der Waals surface area (Å²) in [5, 5.41) is 2.89. The maximum absolute atomic E-state index is 12.4. The molecule has 2 amide bonds. The van der Waals surface area contributed by atoms with Crippen molar-refractivity contribution in [1.82, 2.24) is 9.80 Å². The van der Waals surface area contributed by atoms with Crippen LogP contribution >= 0.6 is 0 Å². The molecule has 1 aromatic rings. The second-order valence-corrected chi connectivity index (χ2v) is 6.65. The van der Waals surface area contributed by atoms with Gasteiger partial charge in [-0.15, -0.1) is 0 Å². The molecule has 0 aromatic heterocycles. The van der Waals surface area contributed by atoms with E-state index in [1.807, 2.05) is 0 Å². The topological polar surface area (TPSA) is 61.9 Å². The molecule has 1 aromatic carbocycles. The number of hydrogen-bond donors (Lipinski definition) is 1. The van der Waals surface area contributed by atoms with Crippen LogP contribution in [0.3, 0.4) is 0 Å². The fourth-order valence-corrected chi connectivity index (χ4v) is 2.79. The summed E-state index contributed by atoms with van der Waals surface area (Å²) in [6, 6.07) is 7.02. The third kappa shape index (κ3) is 4.33. The van der Waals surface area contributed by atoms with Crippen molar-refractivity contribution < 1.29 is 14.3 Å². The number of benzene rings is 1. The van der Waals surface area contributed by atoms with E-state index in [1.165, 1.54) is 4.90 Å². The van der Waals surface area contributed by atoms with Crippen molar-refractivity contribution in [3.8, 4) is 0 Å². The Morgan fingerprint density at radius 2 is 2.12 bits per heavy atom. The lowest BCUT2D eigenvalue weighted by Crippen LogP contribution is -2.56. The molecule has 1 atom stereocenters. The maximum Gasteiger partial charge on any atom is 0.253 e. The molecule has 0 saturated carbocycles. The standard InChI is InChI=1S/C18H27N3O3/c1-5-18(2)13-24-10-9-21(18)12-16(22)19-15-8-6-7-14(11-15)17(23)20(3)4/h6-8,11H,5,9-10,12-13H2,1-4H3,(H,19,22). The summed E-state index contributed by atoms with van der Waals surface area (Å²) in [5.41, 5.74) is 1.08. The fraction of sp³-hybridized carbons (Fsp3) is 0.556. The van der Waals surface area contributed by atoms with Gasteiger partial charge in [-0.05, 0) is 31.5 Å². The third-order valence-electron chi connectivity index (χ3n) is 4.58. The molecule has 0 spiro atoms. The first-order chi connectivity index (χ1) is 11.4. The maximum atomic E-state index is 12.4. The summed E-state index contributed by atoms with van der Waals surface area (Å²) in [7, 11) is 3.41. The summed E-state index contributed by atoms with van der Waals surface area (Å²) in [4.78, 5) is 28.1. The quantitative estimate of drug-likeness (QED) is 0.893. The second-order valence-electron chi connectivity index (χ2n) is 6.65. The number of carbonyl (C=O) groups is 2. The van der Waals surface area contributed by atoms with Gasteiger partial charge in [0.2, 0.25) is 5.91 Å². The van der Waals surface area contributed by atoms with Crippen LogP contribution in [0.5, 0.6) is 0 Å². The Balaban J connectivity index is 2.02. The molecule has 1 heterocycles. The number of amides is 2. The minimum Gasteiger partial charge on any atom is -0.378 e. The normalized spacial score (nSPS) is 21.3. The third-order valence-corrected chi connectivity index (χ3v) is 4.58. The Morgan fingerprint density at radius 3 is 2.79 bits per heavy atom. The minimum atomic E-state index is -0.113. The van der Waals surface area contributed by atoms with E-state index in [9.17, 15) is 9.59 Å². The number of nitrogens with zero attached hydrogens (tertiary/aromatic N) is 2. The van der Waals surface area contributed by atoms with Crippen molar-refractivity contribution in [1.29, 1.82) is 0 Å².